The first kappa shape index (κ1) is 23.1. The van der Waals surface area contributed by atoms with Gasteiger partial charge in [0.1, 0.15) is 5.75 Å². The van der Waals surface area contributed by atoms with Gasteiger partial charge in [0.05, 0.1) is 0 Å². The van der Waals surface area contributed by atoms with E-state index in [4.69, 9.17) is 4.74 Å². The minimum absolute atomic E-state index is 0.00212. The van der Waals surface area contributed by atoms with Crippen LogP contribution in [0.2, 0.25) is 0 Å². The summed E-state index contributed by atoms with van der Waals surface area (Å²) in [7, 11) is 0. The molecule has 2 heterocycles. The highest BCUT2D eigenvalue weighted by molar-refractivity contribution is 5.92. The molecule has 2 aliphatic heterocycles. The molecule has 0 aromatic heterocycles. The topological polar surface area (TPSA) is 99.7 Å². The molecule has 168 valence electrons. The largest absolute Gasteiger partial charge is 0.504 e. The highest BCUT2D eigenvalue weighted by atomic mass is 16.5. The van der Waals surface area contributed by atoms with Gasteiger partial charge in [-0.15, -0.1) is 0 Å². The number of rotatable bonds is 0. The number of phenolic OH excluding ortho intramolecular Hbond substituents is 1. The Morgan fingerprint density at radius 3 is 2.03 bits per heavy atom. The second-order valence-electron chi connectivity index (χ2n) is 7.46. The standard InChI is InChI=1S/C25H29N3O4/c29-22-11-6-20-8-13-25(31)27-16-2-1-14-26-15-3-17-28-24(30)12-7-19-4-9-21(10-5-19)32-23(22)18-20/h4-13,18,26,29H,1-3,14-17H2,(H,27,31)(H,28,30)/b12-7+,13-8?. The zero-order chi connectivity index (χ0) is 22.6. The normalized spacial score (nSPS) is 17.5. The summed E-state index contributed by atoms with van der Waals surface area (Å²) in [5, 5.41) is 19.2. The van der Waals surface area contributed by atoms with Crippen LogP contribution in [0, 0.1) is 0 Å². The molecule has 0 radical (unpaired) electrons. The monoisotopic (exact) mass is 435 g/mol. The molecule has 0 saturated carbocycles. The van der Waals surface area contributed by atoms with Gasteiger partial charge in [-0.25, -0.2) is 0 Å². The molecular weight excluding hydrogens is 406 g/mol. The van der Waals surface area contributed by atoms with Crippen LogP contribution in [-0.2, 0) is 9.59 Å². The third-order valence-corrected chi connectivity index (χ3v) is 4.86. The van der Waals surface area contributed by atoms with Crippen LogP contribution in [0.25, 0.3) is 12.2 Å². The fourth-order valence-corrected chi connectivity index (χ4v) is 3.09. The Balaban J connectivity index is 1.72. The van der Waals surface area contributed by atoms with Crippen molar-refractivity contribution >= 4 is 24.0 Å². The van der Waals surface area contributed by atoms with Crippen molar-refractivity contribution in [2.45, 2.75) is 19.3 Å². The molecule has 0 saturated heterocycles. The number of hydrogen-bond acceptors (Lipinski definition) is 5. The van der Waals surface area contributed by atoms with Crippen LogP contribution in [0.3, 0.4) is 0 Å². The highest BCUT2D eigenvalue weighted by Gasteiger charge is 2.06. The van der Waals surface area contributed by atoms with Crippen LogP contribution in [0.4, 0.5) is 0 Å². The van der Waals surface area contributed by atoms with Crippen LogP contribution in [-0.4, -0.2) is 43.1 Å². The lowest BCUT2D eigenvalue weighted by Gasteiger charge is -2.09. The van der Waals surface area contributed by atoms with E-state index in [1.165, 1.54) is 18.2 Å². The van der Waals surface area contributed by atoms with E-state index in [-0.39, 0.29) is 23.3 Å². The molecule has 2 aromatic rings. The van der Waals surface area contributed by atoms with Gasteiger partial charge < -0.3 is 25.8 Å². The van der Waals surface area contributed by atoms with Crippen molar-refractivity contribution in [3.63, 3.8) is 0 Å². The minimum atomic E-state index is -0.164. The lowest BCUT2D eigenvalue weighted by molar-refractivity contribution is -0.117. The van der Waals surface area contributed by atoms with Crippen LogP contribution in [0.15, 0.2) is 54.6 Å². The molecule has 2 amide bonds. The van der Waals surface area contributed by atoms with Gasteiger partial charge in [-0.05, 0) is 79.9 Å². The van der Waals surface area contributed by atoms with Gasteiger partial charge >= 0.3 is 0 Å². The fraction of sp³-hybridized carbons (Fsp3) is 0.280. The number of amides is 2. The fourth-order valence-electron chi connectivity index (χ4n) is 3.09. The van der Waals surface area contributed by atoms with E-state index in [1.54, 1.807) is 36.4 Å². The zero-order valence-corrected chi connectivity index (χ0v) is 18.0. The molecular formula is C25H29N3O4. The number of aromatic hydroxyl groups is 1. The first-order valence-electron chi connectivity index (χ1n) is 10.8. The third kappa shape index (κ3) is 7.92. The molecule has 4 rings (SSSR count). The van der Waals surface area contributed by atoms with Gasteiger partial charge in [0.2, 0.25) is 11.8 Å². The predicted molar refractivity (Wildman–Crippen MR) is 125 cm³/mol. The summed E-state index contributed by atoms with van der Waals surface area (Å²) >= 11 is 0. The average molecular weight is 436 g/mol. The second-order valence-corrected chi connectivity index (χ2v) is 7.46. The molecule has 7 heteroatoms. The first-order chi connectivity index (χ1) is 15.6. The Morgan fingerprint density at radius 1 is 0.688 bits per heavy atom. The summed E-state index contributed by atoms with van der Waals surface area (Å²) in [6.07, 6.45) is 9.09. The number of ether oxygens (including phenoxy) is 1. The smallest absolute Gasteiger partial charge is 0.243 e. The van der Waals surface area contributed by atoms with E-state index in [1.807, 2.05) is 12.1 Å². The maximum Gasteiger partial charge on any atom is 0.243 e. The van der Waals surface area contributed by atoms with Gasteiger partial charge in [0.15, 0.2) is 11.5 Å². The maximum atomic E-state index is 12.0. The predicted octanol–water partition coefficient (Wildman–Crippen LogP) is 3.22. The minimum Gasteiger partial charge on any atom is -0.504 e. The average Bonchev–Trinajstić information content (AvgIpc) is 2.79. The van der Waals surface area contributed by atoms with Gasteiger partial charge in [-0.2, -0.15) is 0 Å². The lowest BCUT2D eigenvalue weighted by Crippen LogP contribution is -2.27. The third-order valence-electron chi connectivity index (χ3n) is 4.86. The summed E-state index contributed by atoms with van der Waals surface area (Å²) in [5.74, 6) is 0.537. The second kappa shape index (κ2) is 12.3. The molecule has 0 fully saturated rings. The Labute approximate surface area is 188 Å². The van der Waals surface area contributed by atoms with Crippen molar-refractivity contribution in [3.05, 3.63) is 65.7 Å². The number of fused-ring (bicyclic) bond motifs is 15. The van der Waals surface area contributed by atoms with Crippen molar-refractivity contribution in [2.24, 2.45) is 0 Å². The summed E-state index contributed by atoms with van der Waals surface area (Å²) in [6.45, 7) is 2.90. The zero-order valence-electron chi connectivity index (χ0n) is 18.0. The van der Waals surface area contributed by atoms with E-state index in [2.05, 4.69) is 16.0 Å². The van der Waals surface area contributed by atoms with Crippen LogP contribution < -0.4 is 20.7 Å². The van der Waals surface area contributed by atoms with Crippen molar-refractivity contribution < 1.29 is 19.4 Å². The molecule has 2 aliphatic rings. The molecule has 2 aromatic carbocycles. The van der Waals surface area contributed by atoms with Crippen molar-refractivity contribution in [2.75, 3.05) is 26.2 Å². The van der Waals surface area contributed by atoms with E-state index in [0.29, 0.717) is 18.8 Å². The van der Waals surface area contributed by atoms with Gasteiger partial charge in [0.25, 0.3) is 0 Å². The number of benzene rings is 2. The number of phenols is 1. The Hall–Kier alpha value is -3.58. The Kier molecular flexibility index (Phi) is 8.89. The molecule has 0 atom stereocenters. The van der Waals surface area contributed by atoms with E-state index in [9.17, 15) is 14.7 Å². The highest BCUT2D eigenvalue weighted by Crippen LogP contribution is 2.32. The van der Waals surface area contributed by atoms with Crippen LogP contribution in [0.1, 0.15) is 30.4 Å². The van der Waals surface area contributed by atoms with Gasteiger partial charge in [0, 0.05) is 25.2 Å². The van der Waals surface area contributed by atoms with Crippen molar-refractivity contribution in [1.82, 2.24) is 16.0 Å². The lowest BCUT2D eigenvalue weighted by atomic mass is 10.1. The maximum absolute atomic E-state index is 12.0. The number of hydrogen-bond donors (Lipinski definition) is 4. The van der Waals surface area contributed by atoms with Crippen molar-refractivity contribution in [1.29, 1.82) is 0 Å². The molecule has 7 nitrogen and oxygen atoms in total. The first-order valence-corrected chi connectivity index (χ1v) is 10.8. The summed E-state index contributed by atoms with van der Waals surface area (Å²) in [6, 6.07) is 12.1. The van der Waals surface area contributed by atoms with Crippen molar-refractivity contribution in [3.8, 4) is 17.2 Å². The molecule has 32 heavy (non-hydrogen) atoms. The van der Waals surface area contributed by atoms with E-state index in [0.717, 1.165) is 43.5 Å². The van der Waals surface area contributed by atoms with Crippen LogP contribution in [0.5, 0.6) is 17.2 Å². The van der Waals surface area contributed by atoms with E-state index < -0.39 is 0 Å². The molecule has 4 N–H and O–H groups in total. The van der Waals surface area contributed by atoms with Gasteiger partial charge in [-0.3, -0.25) is 9.59 Å². The van der Waals surface area contributed by atoms with Gasteiger partial charge in [-0.1, -0.05) is 18.2 Å². The summed E-state index contributed by atoms with van der Waals surface area (Å²) in [5.41, 5.74) is 1.59. The van der Waals surface area contributed by atoms with Crippen LogP contribution >= 0.6 is 0 Å². The Morgan fingerprint density at radius 2 is 1.28 bits per heavy atom. The number of nitrogens with one attached hydrogen (secondary N) is 3. The SMILES string of the molecule is O=C1C=Cc2ccc(O)c(c2)Oc2ccc(cc2)/C=C/C(=O)NCCCNCCCCN1. The number of carbonyl (C=O) groups is 2. The molecule has 4 bridgehead atoms. The number of carbonyl (C=O) groups excluding carboxylic acids is 2. The molecule has 0 spiro atoms. The quantitative estimate of drug-likeness (QED) is 0.509. The summed E-state index contributed by atoms with van der Waals surface area (Å²) in [4.78, 5) is 24.0. The van der Waals surface area contributed by atoms with E-state index >= 15 is 0 Å². The summed E-state index contributed by atoms with van der Waals surface area (Å²) < 4.78 is 5.79. The Bertz CT molecular complexity index is 968. The molecule has 0 unspecified atom stereocenters. The molecule has 0 aliphatic carbocycles.